The largest absolute Gasteiger partial charge is 0.497 e. The number of hydrogen-bond donors (Lipinski definition) is 1. The summed E-state index contributed by atoms with van der Waals surface area (Å²) in [4.78, 5) is 38.3. The Morgan fingerprint density at radius 1 is 1.07 bits per heavy atom. The molecule has 0 atom stereocenters. The molecule has 1 fully saturated rings. The second-order valence-corrected chi connectivity index (χ2v) is 7.46. The fourth-order valence-corrected chi connectivity index (χ4v) is 3.52. The van der Waals surface area contributed by atoms with Crippen LogP contribution in [0.5, 0.6) is 11.5 Å². The summed E-state index contributed by atoms with van der Waals surface area (Å²) in [6, 6.07) is 14.0. The highest BCUT2D eigenvalue weighted by Gasteiger charge is 2.36. The molecule has 0 bridgehead atoms. The smallest absolute Gasteiger partial charge is 0.294 e. The topological polar surface area (TPSA) is 84.9 Å². The van der Waals surface area contributed by atoms with Gasteiger partial charge in [0.25, 0.3) is 11.1 Å². The first kappa shape index (κ1) is 21.4. The number of amides is 3. The molecule has 0 saturated carbocycles. The van der Waals surface area contributed by atoms with E-state index in [1.165, 1.54) is 0 Å². The quantitative estimate of drug-likeness (QED) is 0.638. The summed E-state index contributed by atoms with van der Waals surface area (Å²) in [5, 5.41) is 2.19. The average Bonchev–Trinajstić information content (AvgIpc) is 3.01. The molecular weight excluding hydrogens is 404 g/mol. The Balaban J connectivity index is 1.62. The third-order valence-electron chi connectivity index (χ3n) is 4.20. The van der Waals surface area contributed by atoms with Gasteiger partial charge in [0.15, 0.2) is 0 Å². The number of carbonyl (C=O) groups is 3. The number of nitrogens with one attached hydrogen (secondary N) is 1. The number of methoxy groups -OCH3 is 1. The van der Waals surface area contributed by atoms with Crippen molar-refractivity contribution in [3.8, 4) is 11.5 Å². The van der Waals surface area contributed by atoms with Gasteiger partial charge in [-0.1, -0.05) is 19.1 Å². The molecule has 156 valence electrons. The van der Waals surface area contributed by atoms with E-state index in [-0.39, 0.29) is 11.4 Å². The van der Waals surface area contributed by atoms with E-state index in [1.54, 1.807) is 37.5 Å². The van der Waals surface area contributed by atoms with E-state index in [1.807, 2.05) is 31.2 Å². The molecule has 2 aromatic rings. The van der Waals surface area contributed by atoms with Crippen molar-refractivity contribution >= 4 is 40.6 Å². The summed E-state index contributed by atoms with van der Waals surface area (Å²) >= 11 is 0.819. The molecule has 0 spiro atoms. The van der Waals surface area contributed by atoms with Gasteiger partial charge in [0.2, 0.25) is 5.91 Å². The molecule has 30 heavy (non-hydrogen) atoms. The standard InChI is InChI=1S/C22H22N2O5S/c1-3-12-29-18-8-4-15(5-9-18)13-19-21(26)24(22(27)30-19)14-20(25)23-16-6-10-17(28-2)11-7-16/h4-11,13H,3,12,14H2,1-2H3,(H,23,25)/b19-13-. The van der Waals surface area contributed by atoms with E-state index < -0.39 is 17.1 Å². The molecule has 0 radical (unpaired) electrons. The van der Waals surface area contributed by atoms with Crippen LogP contribution in [0.2, 0.25) is 0 Å². The molecule has 0 aromatic heterocycles. The molecule has 1 heterocycles. The van der Waals surface area contributed by atoms with E-state index >= 15 is 0 Å². The Hall–Kier alpha value is -3.26. The predicted octanol–water partition coefficient (Wildman–Crippen LogP) is 4.16. The van der Waals surface area contributed by atoms with Crippen molar-refractivity contribution in [1.29, 1.82) is 0 Å². The molecule has 3 amide bonds. The van der Waals surface area contributed by atoms with Crippen LogP contribution in [0.1, 0.15) is 18.9 Å². The number of carbonyl (C=O) groups excluding carboxylic acids is 3. The number of thioether (sulfide) groups is 1. The lowest BCUT2D eigenvalue weighted by Gasteiger charge is -2.12. The normalized spacial score (nSPS) is 14.9. The molecule has 1 aliphatic heterocycles. The number of benzene rings is 2. The second-order valence-electron chi connectivity index (χ2n) is 6.46. The van der Waals surface area contributed by atoms with Crippen molar-refractivity contribution in [2.75, 3.05) is 25.6 Å². The van der Waals surface area contributed by atoms with E-state index in [0.29, 0.717) is 18.0 Å². The monoisotopic (exact) mass is 426 g/mol. The van der Waals surface area contributed by atoms with Gasteiger partial charge in [0.05, 0.1) is 18.6 Å². The molecular formula is C22H22N2O5S. The zero-order valence-electron chi connectivity index (χ0n) is 16.7. The van der Waals surface area contributed by atoms with E-state index in [4.69, 9.17) is 9.47 Å². The molecule has 1 N–H and O–H groups in total. The third-order valence-corrected chi connectivity index (χ3v) is 5.11. The summed E-state index contributed by atoms with van der Waals surface area (Å²) in [7, 11) is 1.55. The van der Waals surface area contributed by atoms with Gasteiger partial charge in [-0.2, -0.15) is 0 Å². The number of nitrogens with zero attached hydrogens (tertiary/aromatic N) is 1. The summed E-state index contributed by atoms with van der Waals surface area (Å²) in [6.07, 6.45) is 2.55. The number of ether oxygens (including phenoxy) is 2. The highest BCUT2D eigenvalue weighted by molar-refractivity contribution is 8.18. The first-order valence-corrected chi connectivity index (χ1v) is 10.2. The Bertz CT molecular complexity index is 954. The maximum absolute atomic E-state index is 12.6. The zero-order chi connectivity index (χ0) is 21.5. The van der Waals surface area contributed by atoms with E-state index in [0.717, 1.165) is 34.4 Å². The third kappa shape index (κ3) is 5.42. The van der Waals surface area contributed by atoms with Crippen LogP contribution >= 0.6 is 11.8 Å². The molecule has 0 aliphatic carbocycles. The molecule has 2 aromatic carbocycles. The van der Waals surface area contributed by atoms with Gasteiger partial charge in [0, 0.05) is 5.69 Å². The molecule has 7 nitrogen and oxygen atoms in total. The van der Waals surface area contributed by atoms with Crippen molar-refractivity contribution < 1.29 is 23.9 Å². The van der Waals surface area contributed by atoms with E-state index in [2.05, 4.69) is 5.32 Å². The molecule has 1 aliphatic rings. The van der Waals surface area contributed by atoms with Crippen molar-refractivity contribution in [3.05, 3.63) is 59.0 Å². The Morgan fingerprint density at radius 2 is 1.73 bits per heavy atom. The van der Waals surface area contributed by atoms with Crippen LogP contribution < -0.4 is 14.8 Å². The van der Waals surface area contributed by atoms with Gasteiger partial charge < -0.3 is 14.8 Å². The van der Waals surface area contributed by atoms with Gasteiger partial charge in [-0.25, -0.2) is 0 Å². The number of hydrogen-bond acceptors (Lipinski definition) is 6. The molecule has 1 saturated heterocycles. The Labute approximate surface area is 179 Å². The maximum Gasteiger partial charge on any atom is 0.294 e. The molecule has 8 heteroatoms. The number of anilines is 1. The van der Waals surface area contributed by atoms with Gasteiger partial charge in [-0.3, -0.25) is 19.3 Å². The number of imide groups is 1. The van der Waals surface area contributed by atoms with Crippen LogP contribution in [0.25, 0.3) is 6.08 Å². The van der Waals surface area contributed by atoms with Gasteiger partial charge in [0.1, 0.15) is 18.0 Å². The molecule has 3 rings (SSSR count). The van der Waals surface area contributed by atoms with Crippen molar-refractivity contribution in [3.63, 3.8) is 0 Å². The second kappa shape index (κ2) is 9.98. The summed E-state index contributed by atoms with van der Waals surface area (Å²) in [5.41, 5.74) is 1.32. The number of rotatable bonds is 8. The first-order valence-electron chi connectivity index (χ1n) is 9.42. The highest BCUT2D eigenvalue weighted by Crippen LogP contribution is 2.32. The van der Waals surface area contributed by atoms with Crippen molar-refractivity contribution in [2.45, 2.75) is 13.3 Å². The van der Waals surface area contributed by atoms with Crippen LogP contribution in [0, 0.1) is 0 Å². The molecule has 0 unspecified atom stereocenters. The fourth-order valence-electron chi connectivity index (χ4n) is 2.69. The zero-order valence-corrected chi connectivity index (χ0v) is 17.5. The Morgan fingerprint density at radius 3 is 2.37 bits per heavy atom. The highest BCUT2D eigenvalue weighted by atomic mass is 32.2. The minimum Gasteiger partial charge on any atom is -0.497 e. The van der Waals surface area contributed by atoms with Crippen LogP contribution in [0.3, 0.4) is 0 Å². The Kier molecular flexibility index (Phi) is 7.13. The van der Waals surface area contributed by atoms with Gasteiger partial charge in [-0.05, 0) is 66.2 Å². The predicted molar refractivity (Wildman–Crippen MR) is 117 cm³/mol. The first-order chi connectivity index (χ1) is 14.5. The summed E-state index contributed by atoms with van der Waals surface area (Å²) < 4.78 is 10.6. The van der Waals surface area contributed by atoms with Gasteiger partial charge in [-0.15, -0.1) is 0 Å². The van der Waals surface area contributed by atoms with Crippen LogP contribution in [0.4, 0.5) is 10.5 Å². The average molecular weight is 426 g/mol. The minimum absolute atomic E-state index is 0.277. The van der Waals surface area contributed by atoms with Crippen LogP contribution in [-0.4, -0.2) is 42.2 Å². The fraction of sp³-hybridized carbons (Fsp3) is 0.227. The van der Waals surface area contributed by atoms with Gasteiger partial charge >= 0.3 is 0 Å². The SMILES string of the molecule is CCCOc1ccc(/C=C2\SC(=O)N(CC(=O)Nc3ccc(OC)cc3)C2=O)cc1. The van der Waals surface area contributed by atoms with Crippen molar-refractivity contribution in [1.82, 2.24) is 4.90 Å². The lowest BCUT2D eigenvalue weighted by atomic mass is 10.2. The lowest BCUT2D eigenvalue weighted by molar-refractivity contribution is -0.127. The van der Waals surface area contributed by atoms with Crippen LogP contribution in [-0.2, 0) is 9.59 Å². The van der Waals surface area contributed by atoms with Crippen molar-refractivity contribution in [2.24, 2.45) is 0 Å². The minimum atomic E-state index is -0.485. The lowest BCUT2D eigenvalue weighted by Crippen LogP contribution is -2.36. The maximum atomic E-state index is 12.6. The summed E-state index contributed by atoms with van der Waals surface area (Å²) in [5.74, 6) is 0.466. The van der Waals surface area contributed by atoms with E-state index in [9.17, 15) is 14.4 Å². The van der Waals surface area contributed by atoms with Crippen LogP contribution in [0.15, 0.2) is 53.4 Å². The summed E-state index contributed by atoms with van der Waals surface area (Å²) in [6.45, 7) is 2.32.